The molecule has 0 aromatic heterocycles. The zero-order chi connectivity index (χ0) is 36.7. The first-order chi connectivity index (χ1) is 23.9. The lowest BCUT2D eigenvalue weighted by atomic mass is 9.80. The first kappa shape index (κ1) is 40.0. The summed E-state index contributed by atoms with van der Waals surface area (Å²) in [6.45, 7) is 1.85. The number of allylic oxidation sites excluding steroid dienone is 1. The minimum atomic E-state index is -1.78. The predicted molar refractivity (Wildman–Crippen MR) is 171 cm³/mol. The number of aliphatic hydroxyl groups excluding tert-OH is 7. The average molecular weight is 733 g/mol. The van der Waals surface area contributed by atoms with Crippen LogP contribution < -0.4 is 10.6 Å². The van der Waals surface area contributed by atoms with Crippen molar-refractivity contribution in [3.8, 4) is 0 Å². The summed E-state index contributed by atoms with van der Waals surface area (Å²) in [5.41, 5.74) is 1.48. The molecule has 2 saturated heterocycles. The van der Waals surface area contributed by atoms with Crippen molar-refractivity contribution in [2.75, 3.05) is 46.7 Å². The number of hydrogen-bond acceptors (Lipinski definition) is 17. The largest absolute Gasteiger partial charge is 0.466 e. The highest BCUT2D eigenvalue weighted by atomic mass is 35.5. The second-order valence-corrected chi connectivity index (χ2v) is 12.2. The quantitative estimate of drug-likeness (QED) is 0.0709. The summed E-state index contributed by atoms with van der Waals surface area (Å²) in [5.74, 6) is -2.30. The van der Waals surface area contributed by atoms with Gasteiger partial charge in [-0.1, -0.05) is 29.8 Å². The van der Waals surface area contributed by atoms with Crippen LogP contribution in [0.3, 0.4) is 0 Å². The molecule has 9 N–H and O–H groups in total. The normalized spacial score (nSPS) is 33.2. The number of benzene rings is 1. The molecule has 3 aliphatic heterocycles. The van der Waals surface area contributed by atoms with Crippen molar-refractivity contribution < 1.29 is 73.8 Å². The van der Waals surface area contributed by atoms with Gasteiger partial charge in [0.2, 0.25) is 0 Å². The zero-order valence-electron chi connectivity index (χ0n) is 27.7. The van der Waals surface area contributed by atoms with Gasteiger partial charge in [0, 0.05) is 17.3 Å². The topological polar surface area (TPSA) is 255 Å². The maximum Gasteiger partial charge on any atom is 0.336 e. The molecule has 2 fully saturated rings. The third kappa shape index (κ3) is 8.64. The van der Waals surface area contributed by atoms with Gasteiger partial charge in [-0.15, -0.1) is 0 Å². The number of carbonyl (C=O) groups excluding carboxylic acids is 2. The van der Waals surface area contributed by atoms with E-state index in [1.165, 1.54) is 7.11 Å². The van der Waals surface area contributed by atoms with E-state index in [9.17, 15) is 45.3 Å². The minimum absolute atomic E-state index is 0.0120. The van der Waals surface area contributed by atoms with Gasteiger partial charge in [0.25, 0.3) is 0 Å². The van der Waals surface area contributed by atoms with Gasteiger partial charge in [-0.2, -0.15) is 0 Å². The van der Waals surface area contributed by atoms with Gasteiger partial charge in [0.15, 0.2) is 6.29 Å². The number of ether oxygens (including phenoxy) is 6. The maximum atomic E-state index is 13.4. The molecule has 1 aromatic rings. The smallest absolute Gasteiger partial charge is 0.336 e. The van der Waals surface area contributed by atoms with Gasteiger partial charge in [-0.3, -0.25) is 5.32 Å². The van der Waals surface area contributed by atoms with E-state index in [0.29, 0.717) is 22.0 Å². The summed E-state index contributed by atoms with van der Waals surface area (Å²) >= 11 is 6.53. The van der Waals surface area contributed by atoms with E-state index in [4.69, 9.17) is 40.0 Å². The summed E-state index contributed by atoms with van der Waals surface area (Å²) in [5, 5.41) is 77.7. The van der Waals surface area contributed by atoms with E-state index in [1.54, 1.807) is 38.1 Å². The molecule has 50 heavy (non-hydrogen) atoms. The Balaban J connectivity index is 1.42. The lowest BCUT2D eigenvalue weighted by Gasteiger charge is -2.46. The molecule has 2 unspecified atom stereocenters. The van der Waals surface area contributed by atoms with Gasteiger partial charge in [-0.25, -0.2) is 9.59 Å². The Hall–Kier alpha value is -2.75. The Labute approximate surface area is 292 Å². The lowest BCUT2D eigenvalue weighted by Crippen LogP contribution is -2.66. The van der Waals surface area contributed by atoms with E-state index in [1.807, 2.05) is 0 Å². The summed E-state index contributed by atoms with van der Waals surface area (Å²) < 4.78 is 32.9. The molecule has 0 bridgehead atoms. The van der Waals surface area contributed by atoms with Gasteiger partial charge >= 0.3 is 11.9 Å². The first-order valence-corrected chi connectivity index (χ1v) is 16.4. The van der Waals surface area contributed by atoms with Crippen LogP contribution in [0.15, 0.2) is 46.8 Å². The summed E-state index contributed by atoms with van der Waals surface area (Å²) in [4.78, 5) is 26.3. The molecule has 3 heterocycles. The van der Waals surface area contributed by atoms with Gasteiger partial charge in [0.1, 0.15) is 55.1 Å². The van der Waals surface area contributed by atoms with Crippen molar-refractivity contribution in [3.05, 3.63) is 57.4 Å². The molecule has 4 rings (SSSR count). The van der Waals surface area contributed by atoms with E-state index in [0.717, 1.165) is 0 Å². The molecular weight excluding hydrogens is 688 g/mol. The summed E-state index contributed by atoms with van der Waals surface area (Å²) in [6, 6.07) is 6.77. The van der Waals surface area contributed by atoms with E-state index >= 15 is 0 Å². The van der Waals surface area contributed by atoms with Crippen molar-refractivity contribution in [2.24, 2.45) is 0 Å². The number of hydrogen-bond donors (Lipinski definition) is 9. The summed E-state index contributed by atoms with van der Waals surface area (Å²) in [7, 11) is 1.23. The highest BCUT2D eigenvalue weighted by Gasteiger charge is 2.50. The van der Waals surface area contributed by atoms with E-state index < -0.39 is 92.4 Å². The molecule has 17 nitrogen and oxygen atoms in total. The Morgan fingerprint density at radius 1 is 0.920 bits per heavy atom. The Bertz CT molecular complexity index is 1390. The van der Waals surface area contributed by atoms with Crippen molar-refractivity contribution in [1.29, 1.82) is 0 Å². The highest BCUT2D eigenvalue weighted by Crippen LogP contribution is 2.42. The van der Waals surface area contributed by atoms with Crippen LogP contribution in [0.1, 0.15) is 25.3 Å². The molecule has 280 valence electrons. The van der Waals surface area contributed by atoms with Crippen LogP contribution in [-0.2, 0) is 38.0 Å². The van der Waals surface area contributed by atoms with Crippen molar-refractivity contribution in [1.82, 2.24) is 10.6 Å². The van der Waals surface area contributed by atoms with Crippen LogP contribution in [0.4, 0.5) is 0 Å². The average Bonchev–Trinajstić information content (AvgIpc) is 3.10. The van der Waals surface area contributed by atoms with Crippen LogP contribution in [0.25, 0.3) is 0 Å². The van der Waals surface area contributed by atoms with Crippen molar-refractivity contribution in [3.63, 3.8) is 0 Å². The van der Waals surface area contributed by atoms with Crippen LogP contribution in [-0.4, -0.2) is 156 Å². The molecule has 0 saturated carbocycles. The van der Waals surface area contributed by atoms with E-state index in [2.05, 4.69) is 10.6 Å². The Morgan fingerprint density at radius 2 is 1.62 bits per heavy atom. The Kier molecular flexibility index (Phi) is 14.5. The molecule has 0 spiro atoms. The second-order valence-electron chi connectivity index (χ2n) is 11.8. The third-order valence-electron chi connectivity index (χ3n) is 8.60. The van der Waals surface area contributed by atoms with E-state index in [-0.39, 0.29) is 37.5 Å². The molecule has 0 aliphatic carbocycles. The zero-order valence-corrected chi connectivity index (χ0v) is 28.4. The lowest BCUT2D eigenvalue weighted by molar-refractivity contribution is -0.343. The van der Waals surface area contributed by atoms with Crippen molar-refractivity contribution >= 4 is 23.5 Å². The maximum absolute atomic E-state index is 13.4. The second kappa shape index (κ2) is 18.1. The van der Waals surface area contributed by atoms with Crippen molar-refractivity contribution in [2.45, 2.75) is 81.1 Å². The summed E-state index contributed by atoms with van der Waals surface area (Å²) in [6.07, 6.45) is -15.3. The number of esters is 2. The number of aliphatic hydroxyl groups is 7. The molecule has 11 atom stereocenters. The standard InChI is InChI=1S/C32H45ClN2O15/c1-4-47-31(44)22-17(35-14(2)20(30(43)45-3)21(22)15-7-5-6-8-16(15)33)13-46-10-9-34-29-26(41)25(40)28(19(12-37)48-29)50-32-27(42)24(39)23(38)18(11-36)49-32/h5-8,18-19,21,23-29,32,34-42H,4,9-13H2,1-3H3/t18-,19-,21?,23+,24+,25-,26-,27-,28-,29?,32+/m1/s1. The number of carbonyl (C=O) groups is 2. The van der Waals surface area contributed by atoms with Crippen LogP contribution in [0.2, 0.25) is 5.02 Å². The molecule has 0 amide bonds. The van der Waals surface area contributed by atoms with Crippen LogP contribution in [0, 0.1) is 0 Å². The number of methoxy groups -OCH3 is 1. The number of rotatable bonds is 14. The Morgan fingerprint density at radius 3 is 2.26 bits per heavy atom. The van der Waals surface area contributed by atoms with Gasteiger partial charge in [0.05, 0.1) is 62.9 Å². The predicted octanol–water partition coefficient (Wildman–Crippen LogP) is -2.48. The number of halogens is 1. The molecule has 1 aromatic carbocycles. The van der Waals surface area contributed by atoms with Crippen LogP contribution >= 0.6 is 11.6 Å². The monoisotopic (exact) mass is 732 g/mol. The fraction of sp³-hybridized carbons (Fsp3) is 0.625. The molecular formula is C32H45ClN2O15. The van der Waals surface area contributed by atoms with Crippen LogP contribution in [0.5, 0.6) is 0 Å². The molecule has 18 heteroatoms. The fourth-order valence-electron chi connectivity index (χ4n) is 6.07. The molecule has 0 radical (unpaired) electrons. The van der Waals surface area contributed by atoms with Gasteiger partial charge < -0.3 is 69.5 Å². The molecule has 3 aliphatic rings. The fourth-order valence-corrected chi connectivity index (χ4v) is 6.31. The third-order valence-corrected chi connectivity index (χ3v) is 8.95. The van der Waals surface area contributed by atoms with Gasteiger partial charge in [-0.05, 0) is 25.5 Å². The number of nitrogens with one attached hydrogen (secondary N) is 2. The highest BCUT2D eigenvalue weighted by molar-refractivity contribution is 6.31. The number of dihydropyridines is 1. The first-order valence-electron chi connectivity index (χ1n) is 16.0. The minimum Gasteiger partial charge on any atom is -0.466 e. The SMILES string of the molecule is CCOC(=O)C1=C(COCCNC2O[C@H](CO)[C@@H](O[C@@H]3O[C@H](CO)[C@H](O)[C@H](O)[C@H]3O)[C@H](O)[C@H]2O)NC(C)=C(C(=O)OC)C1c1ccccc1Cl.